The molecule has 0 aromatic carbocycles. The zero-order chi connectivity index (χ0) is 8.32. The smallest absolute Gasteiger partial charge is 0.129 e. The maximum absolute atomic E-state index is 10.6. The molecule has 0 bridgehead atoms. The molecule has 0 aromatic heterocycles. The normalized spacial score (nSPS) is 18.9. The third-order valence-electron chi connectivity index (χ3n) is 2.42. The lowest BCUT2D eigenvalue weighted by atomic mass is 9.96. The third kappa shape index (κ3) is 2.34. The van der Waals surface area contributed by atoms with Gasteiger partial charge in [-0.25, -0.2) is 0 Å². The first-order valence-corrected chi connectivity index (χ1v) is 4.05. The van der Waals surface area contributed by atoms with Crippen molar-refractivity contribution in [3.8, 4) is 6.07 Å². The van der Waals surface area contributed by atoms with E-state index in [1.165, 1.54) is 0 Å². The van der Waals surface area contributed by atoms with Gasteiger partial charge in [0.1, 0.15) is 5.78 Å². The number of hydrogen-bond donors (Lipinski definition) is 0. The van der Waals surface area contributed by atoms with E-state index in [1.807, 2.05) is 0 Å². The molecule has 1 aliphatic rings. The van der Waals surface area contributed by atoms with E-state index in [2.05, 4.69) is 6.07 Å². The summed E-state index contributed by atoms with van der Waals surface area (Å²) in [6.45, 7) is 1.61. The summed E-state index contributed by atoms with van der Waals surface area (Å²) in [5.41, 5.74) is 0.250. The minimum Gasteiger partial charge on any atom is -0.300 e. The Bertz CT molecular complexity index is 198. The maximum atomic E-state index is 10.6. The van der Waals surface area contributed by atoms with Crippen molar-refractivity contribution in [2.75, 3.05) is 0 Å². The van der Waals surface area contributed by atoms with Gasteiger partial charge in [0.05, 0.1) is 6.07 Å². The number of hydrogen-bond acceptors (Lipinski definition) is 2. The topological polar surface area (TPSA) is 40.9 Å². The summed E-state index contributed by atoms with van der Waals surface area (Å²) >= 11 is 0. The molecule has 2 nitrogen and oxygen atoms in total. The van der Waals surface area contributed by atoms with Gasteiger partial charge in [0.25, 0.3) is 0 Å². The van der Waals surface area contributed by atoms with Gasteiger partial charge < -0.3 is 4.79 Å². The van der Waals surface area contributed by atoms with Crippen molar-refractivity contribution < 1.29 is 4.79 Å². The number of carbonyl (C=O) groups is 1. The van der Waals surface area contributed by atoms with E-state index >= 15 is 0 Å². The van der Waals surface area contributed by atoms with E-state index in [4.69, 9.17) is 5.26 Å². The minimum atomic E-state index is 0.245. The first-order valence-electron chi connectivity index (χ1n) is 4.05. The van der Waals surface area contributed by atoms with Crippen molar-refractivity contribution in [1.82, 2.24) is 0 Å². The monoisotopic (exact) mass is 151 g/mol. The van der Waals surface area contributed by atoms with Crippen LogP contribution in [0, 0.1) is 16.7 Å². The van der Waals surface area contributed by atoms with Crippen molar-refractivity contribution in [1.29, 1.82) is 5.26 Å². The van der Waals surface area contributed by atoms with Gasteiger partial charge >= 0.3 is 0 Å². The van der Waals surface area contributed by atoms with Gasteiger partial charge in [0, 0.05) is 12.8 Å². The summed E-state index contributed by atoms with van der Waals surface area (Å²) in [4.78, 5) is 10.6. The van der Waals surface area contributed by atoms with Gasteiger partial charge in [-0.3, -0.25) is 0 Å². The highest BCUT2D eigenvalue weighted by molar-refractivity contribution is 5.75. The van der Waals surface area contributed by atoms with Gasteiger partial charge in [0.2, 0.25) is 0 Å². The molecule has 1 fully saturated rings. The third-order valence-corrected chi connectivity index (χ3v) is 2.42. The summed E-state index contributed by atoms with van der Waals surface area (Å²) in [7, 11) is 0. The van der Waals surface area contributed by atoms with Crippen molar-refractivity contribution >= 4 is 5.78 Å². The van der Waals surface area contributed by atoms with Crippen LogP contribution in [0.3, 0.4) is 0 Å². The Labute approximate surface area is 67.2 Å². The average Bonchev–Trinajstić information content (AvgIpc) is 2.67. The van der Waals surface area contributed by atoms with E-state index in [1.54, 1.807) is 6.92 Å². The largest absolute Gasteiger partial charge is 0.300 e. The highest BCUT2D eigenvalue weighted by atomic mass is 16.1. The van der Waals surface area contributed by atoms with Crippen LogP contribution in [0.15, 0.2) is 0 Å². The quantitative estimate of drug-likeness (QED) is 0.617. The van der Waals surface area contributed by atoms with Crippen LogP contribution >= 0.6 is 0 Å². The molecule has 1 saturated carbocycles. The molecule has 1 aliphatic carbocycles. The summed E-state index contributed by atoms with van der Waals surface area (Å²) in [5.74, 6) is 0.245. The van der Waals surface area contributed by atoms with Gasteiger partial charge in [0.15, 0.2) is 0 Å². The van der Waals surface area contributed by atoms with Crippen LogP contribution in [0.1, 0.15) is 39.0 Å². The Morgan fingerprint density at radius 2 is 2.27 bits per heavy atom. The summed E-state index contributed by atoms with van der Waals surface area (Å²) < 4.78 is 0. The predicted octanol–water partition coefficient (Wildman–Crippen LogP) is 2.05. The van der Waals surface area contributed by atoms with E-state index in [-0.39, 0.29) is 11.2 Å². The molecule has 60 valence electrons. The average molecular weight is 151 g/mol. The standard InChI is InChI=1S/C9H13NO/c1-8(11)2-3-9(4-5-9)6-7-10/h2-6H2,1H3. The number of Topliss-reactive ketones (excluding diaryl/α,β-unsaturated/α-hetero) is 1. The van der Waals surface area contributed by atoms with Crippen molar-refractivity contribution in [2.45, 2.75) is 39.0 Å². The zero-order valence-electron chi connectivity index (χ0n) is 6.89. The fraction of sp³-hybridized carbons (Fsp3) is 0.778. The van der Waals surface area contributed by atoms with Crippen LogP contribution in [0.2, 0.25) is 0 Å². The maximum Gasteiger partial charge on any atom is 0.129 e. The molecule has 0 aliphatic heterocycles. The molecule has 2 heteroatoms. The second-order valence-electron chi connectivity index (χ2n) is 3.54. The fourth-order valence-corrected chi connectivity index (χ4v) is 1.30. The number of rotatable bonds is 4. The van der Waals surface area contributed by atoms with Crippen molar-refractivity contribution in [3.63, 3.8) is 0 Å². The van der Waals surface area contributed by atoms with Gasteiger partial charge in [-0.2, -0.15) is 5.26 Å². The van der Waals surface area contributed by atoms with Gasteiger partial charge in [-0.05, 0) is 31.6 Å². The highest BCUT2D eigenvalue weighted by Gasteiger charge is 2.41. The van der Waals surface area contributed by atoms with Crippen LogP contribution < -0.4 is 0 Å². The van der Waals surface area contributed by atoms with Crippen molar-refractivity contribution in [2.24, 2.45) is 5.41 Å². The molecular weight excluding hydrogens is 138 g/mol. The van der Waals surface area contributed by atoms with Crippen LogP contribution in [-0.4, -0.2) is 5.78 Å². The summed E-state index contributed by atoms with van der Waals surface area (Å²) in [6, 6.07) is 2.18. The number of nitriles is 1. The lowest BCUT2D eigenvalue weighted by Crippen LogP contribution is -2.02. The molecule has 0 amide bonds. The first kappa shape index (κ1) is 8.26. The SMILES string of the molecule is CC(=O)CCC1(CC#N)CC1. The molecule has 0 saturated heterocycles. The Kier molecular flexibility index (Phi) is 2.28. The van der Waals surface area contributed by atoms with Gasteiger partial charge in [-0.1, -0.05) is 0 Å². The molecule has 0 atom stereocenters. The number of ketones is 1. The molecule has 0 radical (unpaired) electrons. The molecule has 11 heavy (non-hydrogen) atoms. The van der Waals surface area contributed by atoms with E-state index in [0.717, 1.165) is 19.3 Å². The van der Waals surface area contributed by atoms with Crippen LogP contribution in [0.5, 0.6) is 0 Å². The number of carbonyl (C=O) groups excluding carboxylic acids is 1. The molecular formula is C9H13NO. The lowest BCUT2D eigenvalue weighted by molar-refractivity contribution is -0.117. The molecule has 0 heterocycles. The molecule has 1 rings (SSSR count). The second kappa shape index (κ2) is 3.04. The van der Waals surface area contributed by atoms with Crippen LogP contribution in [0.25, 0.3) is 0 Å². The molecule has 0 aromatic rings. The Morgan fingerprint density at radius 3 is 2.64 bits per heavy atom. The van der Waals surface area contributed by atoms with Gasteiger partial charge in [-0.15, -0.1) is 0 Å². The van der Waals surface area contributed by atoms with E-state index in [0.29, 0.717) is 12.8 Å². The minimum absolute atomic E-state index is 0.245. The molecule has 0 N–H and O–H groups in total. The van der Waals surface area contributed by atoms with E-state index < -0.39 is 0 Å². The van der Waals surface area contributed by atoms with Crippen molar-refractivity contribution in [3.05, 3.63) is 0 Å². The van der Waals surface area contributed by atoms with Crippen LogP contribution in [-0.2, 0) is 4.79 Å². The zero-order valence-corrected chi connectivity index (χ0v) is 6.89. The molecule has 0 spiro atoms. The van der Waals surface area contributed by atoms with Crippen LogP contribution in [0.4, 0.5) is 0 Å². The molecule has 0 unspecified atom stereocenters. The Hall–Kier alpha value is -0.840. The Balaban J connectivity index is 2.26. The van der Waals surface area contributed by atoms with E-state index in [9.17, 15) is 4.79 Å². The fourth-order valence-electron chi connectivity index (χ4n) is 1.30. The first-order chi connectivity index (χ1) is 5.18. The Morgan fingerprint density at radius 1 is 1.64 bits per heavy atom. The number of nitrogens with zero attached hydrogens (tertiary/aromatic N) is 1. The second-order valence-corrected chi connectivity index (χ2v) is 3.54. The lowest BCUT2D eigenvalue weighted by Gasteiger charge is -2.07. The summed E-state index contributed by atoms with van der Waals surface area (Å²) in [6.07, 6.45) is 4.51. The highest BCUT2D eigenvalue weighted by Crippen LogP contribution is 2.52. The predicted molar refractivity (Wildman–Crippen MR) is 41.8 cm³/mol. The summed E-state index contributed by atoms with van der Waals surface area (Å²) in [5, 5.41) is 8.47.